The maximum Gasteiger partial charge on any atom is 0.255 e. The van der Waals surface area contributed by atoms with E-state index in [1.165, 1.54) is 0 Å². The first-order chi connectivity index (χ1) is 12.7. The molecule has 0 aliphatic carbocycles. The Kier molecular flexibility index (Phi) is 5.48. The minimum atomic E-state index is -0.183. The van der Waals surface area contributed by atoms with E-state index in [2.05, 4.69) is 20.5 Å². The Bertz CT molecular complexity index is 875. The van der Waals surface area contributed by atoms with E-state index in [1.54, 1.807) is 32.4 Å². The number of aromatic nitrogens is 3. The minimum Gasteiger partial charge on any atom is -0.497 e. The van der Waals surface area contributed by atoms with Gasteiger partial charge in [0.2, 0.25) is 0 Å². The Hall–Kier alpha value is -3.35. The van der Waals surface area contributed by atoms with Crippen LogP contribution >= 0.6 is 0 Å². The van der Waals surface area contributed by atoms with E-state index in [1.807, 2.05) is 30.3 Å². The number of carbonyl (C=O) groups excluding carboxylic acids is 1. The van der Waals surface area contributed by atoms with E-state index < -0.39 is 0 Å². The van der Waals surface area contributed by atoms with Crippen LogP contribution in [0, 0.1) is 0 Å². The standard InChI is InChI=1S/C19H20N4O3/c1-25-14-9-7-13(8-10-14)18-21-17(22-23-18)11-12-20-19(24)15-5-3-4-6-16(15)26-2/h3-10H,11-12H2,1-2H3,(H,20,24)(H,21,22,23). The SMILES string of the molecule is COc1ccc(-c2n[nH]c(CCNC(=O)c3ccccc3OC)n2)cc1. The molecule has 0 aliphatic rings. The Balaban J connectivity index is 1.57. The first-order valence-electron chi connectivity index (χ1n) is 8.18. The summed E-state index contributed by atoms with van der Waals surface area (Å²) in [6, 6.07) is 14.6. The molecule has 26 heavy (non-hydrogen) atoms. The summed E-state index contributed by atoms with van der Waals surface area (Å²) in [5, 5.41) is 9.98. The quantitative estimate of drug-likeness (QED) is 0.682. The van der Waals surface area contributed by atoms with Crippen molar-refractivity contribution in [2.24, 2.45) is 0 Å². The second kappa shape index (κ2) is 8.15. The van der Waals surface area contributed by atoms with Gasteiger partial charge in [0.15, 0.2) is 5.82 Å². The average molecular weight is 352 g/mol. The van der Waals surface area contributed by atoms with Gasteiger partial charge in [-0.3, -0.25) is 9.89 Å². The highest BCUT2D eigenvalue weighted by Gasteiger charge is 2.11. The number of aromatic amines is 1. The van der Waals surface area contributed by atoms with E-state index >= 15 is 0 Å². The van der Waals surface area contributed by atoms with Crippen LogP contribution in [0.3, 0.4) is 0 Å². The van der Waals surface area contributed by atoms with Gasteiger partial charge < -0.3 is 14.8 Å². The van der Waals surface area contributed by atoms with Crippen molar-refractivity contribution in [3.8, 4) is 22.9 Å². The first-order valence-corrected chi connectivity index (χ1v) is 8.18. The lowest BCUT2D eigenvalue weighted by Crippen LogP contribution is -2.26. The third kappa shape index (κ3) is 4.00. The fourth-order valence-corrected chi connectivity index (χ4v) is 2.50. The summed E-state index contributed by atoms with van der Waals surface area (Å²) < 4.78 is 10.3. The van der Waals surface area contributed by atoms with E-state index in [4.69, 9.17) is 9.47 Å². The van der Waals surface area contributed by atoms with Gasteiger partial charge >= 0.3 is 0 Å². The molecule has 0 saturated heterocycles. The number of H-pyrrole nitrogens is 1. The lowest BCUT2D eigenvalue weighted by atomic mass is 10.2. The lowest BCUT2D eigenvalue weighted by Gasteiger charge is -2.08. The molecule has 0 fully saturated rings. The predicted molar refractivity (Wildman–Crippen MR) is 97.4 cm³/mol. The molecular formula is C19H20N4O3. The Labute approximate surface area is 151 Å². The van der Waals surface area contributed by atoms with Crippen LogP contribution in [0.2, 0.25) is 0 Å². The Morgan fingerprint density at radius 3 is 2.58 bits per heavy atom. The van der Waals surface area contributed by atoms with Gasteiger partial charge in [0.25, 0.3) is 5.91 Å². The fraction of sp³-hybridized carbons (Fsp3) is 0.211. The number of rotatable bonds is 7. The molecule has 0 spiro atoms. The zero-order chi connectivity index (χ0) is 18.4. The van der Waals surface area contributed by atoms with Gasteiger partial charge in [-0.15, -0.1) is 0 Å². The number of amides is 1. The van der Waals surface area contributed by atoms with Crippen molar-refractivity contribution in [2.75, 3.05) is 20.8 Å². The predicted octanol–water partition coefficient (Wildman–Crippen LogP) is 2.46. The molecule has 1 heterocycles. The highest BCUT2D eigenvalue weighted by atomic mass is 16.5. The first kappa shape index (κ1) is 17.5. The molecule has 7 heteroatoms. The number of nitrogens with zero attached hydrogens (tertiary/aromatic N) is 2. The van der Waals surface area contributed by atoms with E-state index in [0.29, 0.717) is 35.9 Å². The van der Waals surface area contributed by atoms with Crippen LogP contribution in [0.1, 0.15) is 16.2 Å². The number of methoxy groups -OCH3 is 2. The third-order valence-corrected chi connectivity index (χ3v) is 3.88. The van der Waals surface area contributed by atoms with Crippen molar-refractivity contribution in [3.63, 3.8) is 0 Å². The second-order valence-corrected chi connectivity index (χ2v) is 5.54. The molecule has 2 aromatic carbocycles. The van der Waals surface area contributed by atoms with Crippen LogP contribution in [-0.2, 0) is 6.42 Å². The Morgan fingerprint density at radius 1 is 1.08 bits per heavy atom. The number of benzene rings is 2. The molecule has 0 atom stereocenters. The van der Waals surface area contributed by atoms with Crippen LogP contribution in [0.4, 0.5) is 0 Å². The van der Waals surface area contributed by atoms with Crippen molar-refractivity contribution < 1.29 is 14.3 Å². The Morgan fingerprint density at radius 2 is 1.85 bits per heavy atom. The molecule has 1 aromatic heterocycles. The van der Waals surface area contributed by atoms with Gasteiger partial charge in [0.1, 0.15) is 17.3 Å². The van der Waals surface area contributed by atoms with Gasteiger partial charge in [0, 0.05) is 18.5 Å². The van der Waals surface area contributed by atoms with Gasteiger partial charge in [0.05, 0.1) is 19.8 Å². The normalized spacial score (nSPS) is 10.4. The van der Waals surface area contributed by atoms with Gasteiger partial charge in [-0.2, -0.15) is 5.10 Å². The zero-order valence-corrected chi connectivity index (χ0v) is 14.7. The number of ether oxygens (including phenoxy) is 2. The van der Waals surface area contributed by atoms with E-state index in [-0.39, 0.29) is 5.91 Å². The summed E-state index contributed by atoms with van der Waals surface area (Å²) in [5.41, 5.74) is 1.40. The minimum absolute atomic E-state index is 0.183. The van der Waals surface area contributed by atoms with E-state index in [0.717, 1.165) is 11.3 Å². The van der Waals surface area contributed by atoms with Crippen molar-refractivity contribution in [3.05, 3.63) is 59.9 Å². The van der Waals surface area contributed by atoms with E-state index in [9.17, 15) is 4.79 Å². The maximum atomic E-state index is 12.3. The lowest BCUT2D eigenvalue weighted by molar-refractivity contribution is 0.0951. The van der Waals surface area contributed by atoms with Crippen molar-refractivity contribution >= 4 is 5.91 Å². The summed E-state index contributed by atoms with van der Waals surface area (Å²) in [7, 11) is 3.17. The molecule has 134 valence electrons. The summed E-state index contributed by atoms with van der Waals surface area (Å²) >= 11 is 0. The molecule has 2 N–H and O–H groups in total. The highest BCUT2D eigenvalue weighted by Crippen LogP contribution is 2.19. The molecule has 7 nitrogen and oxygen atoms in total. The molecule has 0 saturated carbocycles. The zero-order valence-electron chi connectivity index (χ0n) is 14.7. The number of nitrogens with one attached hydrogen (secondary N) is 2. The smallest absolute Gasteiger partial charge is 0.255 e. The van der Waals surface area contributed by atoms with Crippen LogP contribution < -0.4 is 14.8 Å². The molecule has 0 radical (unpaired) electrons. The van der Waals surface area contributed by atoms with Gasteiger partial charge in [-0.25, -0.2) is 4.98 Å². The molecule has 0 bridgehead atoms. The monoisotopic (exact) mass is 352 g/mol. The number of hydrogen-bond donors (Lipinski definition) is 2. The second-order valence-electron chi connectivity index (χ2n) is 5.54. The molecular weight excluding hydrogens is 332 g/mol. The van der Waals surface area contributed by atoms with Gasteiger partial charge in [-0.05, 0) is 36.4 Å². The van der Waals surface area contributed by atoms with Crippen molar-refractivity contribution in [1.82, 2.24) is 20.5 Å². The number of hydrogen-bond acceptors (Lipinski definition) is 5. The van der Waals surface area contributed by atoms with Crippen LogP contribution in [0.25, 0.3) is 11.4 Å². The largest absolute Gasteiger partial charge is 0.497 e. The topological polar surface area (TPSA) is 89.1 Å². The molecule has 1 amide bonds. The summed E-state index contributed by atoms with van der Waals surface area (Å²) in [5.74, 6) is 2.46. The van der Waals surface area contributed by atoms with Crippen LogP contribution in [0.5, 0.6) is 11.5 Å². The van der Waals surface area contributed by atoms with Crippen molar-refractivity contribution in [1.29, 1.82) is 0 Å². The average Bonchev–Trinajstić information content (AvgIpc) is 3.16. The van der Waals surface area contributed by atoms with Gasteiger partial charge in [-0.1, -0.05) is 12.1 Å². The summed E-state index contributed by atoms with van der Waals surface area (Å²) in [6.07, 6.45) is 0.546. The molecule has 0 aliphatic heterocycles. The molecule has 3 aromatic rings. The number of para-hydroxylation sites is 1. The third-order valence-electron chi connectivity index (χ3n) is 3.88. The van der Waals surface area contributed by atoms with Crippen molar-refractivity contribution in [2.45, 2.75) is 6.42 Å². The number of carbonyl (C=O) groups is 1. The van der Waals surface area contributed by atoms with Crippen LogP contribution in [0.15, 0.2) is 48.5 Å². The molecule has 3 rings (SSSR count). The maximum absolute atomic E-state index is 12.3. The summed E-state index contributed by atoms with van der Waals surface area (Å²) in [4.78, 5) is 16.7. The summed E-state index contributed by atoms with van der Waals surface area (Å²) in [6.45, 7) is 0.439. The fourth-order valence-electron chi connectivity index (χ4n) is 2.50. The van der Waals surface area contributed by atoms with Crippen LogP contribution in [-0.4, -0.2) is 41.9 Å². The highest BCUT2D eigenvalue weighted by molar-refractivity contribution is 5.96. The molecule has 0 unspecified atom stereocenters.